The van der Waals surface area contributed by atoms with Crippen LogP contribution >= 0.6 is 0 Å². The fourth-order valence-corrected chi connectivity index (χ4v) is 2.47. The van der Waals surface area contributed by atoms with E-state index in [1.165, 1.54) is 0 Å². The lowest BCUT2D eigenvalue weighted by atomic mass is 9.90. The van der Waals surface area contributed by atoms with E-state index in [1.54, 1.807) is 0 Å². The Hall–Kier alpha value is -2.28. The van der Waals surface area contributed by atoms with Crippen molar-refractivity contribution in [3.8, 4) is 6.19 Å². The van der Waals surface area contributed by atoms with Crippen LogP contribution in [0.1, 0.15) is 25.7 Å². The molecule has 3 aliphatic rings. The molecule has 2 unspecified atom stereocenters. The van der Waals surface area contributed by atoms with Crippen LogP contribution in [0.15, 0.2) is 33.4 Å². The molecule has 112 valence electrons. The van der Waals surface area contributed by atoms with Gasteiger partial charge in [0, 0.05) is 0 Å². The number of hydrogen-bond acceptors (Lipinski definition) is 5. The Bertz CT molecular complexity index is 595. The van der Waals surface area contributed by atoms with Crippen molar-refractivity contribution in [2.45, 2.75) is 37.9 Å². The van der Waals surface area contributed by atoms with E-state index in [4.69, 9.17) is 21.3 Å². The van der Waals surface area contributed by atoms with Crippen LogP contribution in [-0.4, -0.2) is 36.8 Å². The number of allylic oxidation sites excluding steroid dienone is 4. The van der Waals surface area contributed by atoms with Gasteiger partial charge in [-0.2, -0.15) is 16.8 Å². The Balaban J connectivity index is 1.78. The second-order valence-electron chi connectivity index (χ2n) is 5.51. The van der Waals surface area contributed by atoms with Crippen molar-refractivity contribution in [1.29, 1.82) is 5.26 Å². The van der Waals surface area contributed by atoms with Gasteiger partial charge in [-0.15, -0.1) is 4.95 Å². The normalized spacial score (nSPS) is 29.5. The first kappa shape index (κ1) is 14.6. The summed E-state index contributed by atoms with van der Waals surface area (Å²) in [6.07, 6.45) is 9.64. The second kappa shape index (κ2) is 6.65. The van der Waals surface area contributed by atoms with Crippen molar-refractivity contribution in [3.63, 3.8) is 0 Å². The Morgan fingerprint density at radius 3 is 2.18 bits per heavy atom. The summed E-state index contributed by atoms with van der Waals surface area (Å²) in [5, 5.41) is 12.8. The third-order valence-corrected chi connectivity index (χ3v) is 3.88. The van der Waals surface area contributed by atoms with Gasteiger partial charge in [-0.05, 0) is 49.0 Å². The monoisotopic (exact) mass is 296 g/mol. The quantitative estimate of drug-likeness (QED) is 0.248. The molecule has 0 saturated carbocycles. The molecular weight excluding hydrogens is 280 g/mol. The third-order valence-electron chi connectivity index (χ3n) is 3.88. The second-order valence-corrected chi connectivity index (χ2v) is 5.51. The van der Waals surface area contributed by atoms with E-state index in [2.05, 4.69) is 15.0 Å². The first-order valence-electron chi connectivity index (χ1n) is 7.36. The maximum Gasteiger partial charge on any atom is 0.206 e. The molecule has 0 aromatic heterocycles. The highest BCUT2D eigenvalue weighted by molar-refractivity contribution is 6.24. The number of nitriles is 1. The highest BCUT2D eigenvalue weighted by atomic mass is 16.6. The van der Waals surface area contributed by atoms with Crippen LogP contribution < -0.4 is 0 Å². The van der Waals surface area contributed by atoms with E-state index in [0.29, 0.717) is 23.6 Å². The van der Waals surface area contributed by atoms with Crippen molar-refractivity contribution in [2.24, 2.45) is 10.1 Å². The predicted molar refractivity (Wildman–Crippen MR) is 81.2 cm³/mol. The molecule has 22 heavy (non-hydrogen) atoms. The fraction of sp³-hybridized carbons (Fsp3) is 0.500. The lowest BCUT2D eigenvalue weighted by molar-refractivity contribution is 0.397. The van der Waals surface area contributed by atoms with Crippen LogP contribution in [0.3, 0.4) is 0 Å². The zero-order chi connectivity index (χ0) is 15.4. The van der Waals surface area contributed by atoms with Crippen molar-refractivity contribution in [3.05, 3.63) is 34.8 Å². The number of ether oxygens (including phenoxy) is 2. The number of epoxide rings is 2. The van der Waals surface area contributed by atoms with Gasteiger partial charge in [0.25, 0.3) is 0 Å². The van der Waals surface area contributed by atoms with Crippen LogP contribution in [0.25, 0.3) is 4.95 Å². The minimum atomic E-state index is 0.322. The van der Waals surface area contributed by atoms with Crippen molar-refractivity contribution < 1.29 is 9.47 Å². The fourth-order valence-electron chi connectivity index (χ4n) is 2.47. The molecule has 0 aromatic rings. The summed E-state index contributed by atoms with van der Waals surface area (Å²) in [5.74, 6) is 0. The summed E-state index contributed by atoms with van der Waals surface area (Å²) in [6, 6.07) is 0. The molecule has 3 rings (SSSR count). The van der Waals surface area contributed by atoms with Crippen LogP contribution in [0.5, 0.6) is 0 Å². The SMILES string of the molecule is [C-]#[N+]/N=C1\C=C(CCC2CO2)C(=NC#N)C=C1CCC1CO1. The van der Waals surface area contributed by atoms with E-state index < -0.39 is 0 Å². The Morgan fingerprint density at radius 1 is 1.14 bits per heavy atom. The predicted octanol–water partition coefficient (Wildman–Crippen LogP) is 2.41. The summed E-state index contributed by atoms with van der Waals surface area (Å²) >= 11 is 0. The van der Waals surface area contributed by atoms with Gasteiger partial charge in [0.1, 0.15) is 5.71 Å². The number of rotatable bonds is 6. The minimum Gasteiger partial charge on any atom is -0.373 e. The highest BCUT2D eigenvalue weighted by Crippen LogP contribution is 2.27. The minimum absolute atomic E-state index is 0.322. The molecule has 2 aliphatic heterocycles. The van der Waals surface area contributed by atoms with Crippen LogP contribution in [0.4, 0.5) is 0 Å². The molecule has 2 atom stereocenters. The molecule has 6 heteroatoms. The van der Waals surface area contributed by atoms with Gasteiger partial charge in [-0.25, -0.2) is 0 Å². The van der Waals surface area contributed by atoms with E-state index in [1.807, 2.05) is 18.3 Å². The average molecular weight is 296 g/mol. The van der Waals surface area contributed by atoms with Crippen LogP contribution in [0, 0.1) is 18.0 Å². The van der Waals surface area contributed by atoms with Crippen molar-refractivity contribution in [2.75, 3.05) is 13.2 Å². The van der Waals surface area contributed by atoms with Gasteiger partial charge in [0.05, 0.1) is 36.2 Å². The largest absolute Gasteiger partial charge is 0.373 e. The average Bonchev–Trinajstić information content (AvgIpc) is 3.39. The lowest BCUT2D eigenvalue weighted by Gasteiger charge is -2.15. The van der Waals surface area contributed by atoms with Gasteiger partial charge >= 0.3 is 0 Å². The van der Waals surface area contributed by atoms with E-state index in [-0.39, 0.29) is 0 Å². The zero-order valence-corrected chi connectivity index (χ0v) is 12.2. The van der Waals surface area contributed by atoms with Crippen molar-refractivity contribution in [1.82, 2.24) is 0 Å². The zero-order valence-electron chi connectivity index (χ0n) is 12.2. The molecule has 2 saturated heterocycles. The summed E-state index contributed by atoms with van der Waals surface area (Å²) < 4.78 is 10.4. The topological polar surface area (TPSA) is 77.9 Å². The smallest absolute Gasteiger partial charge is 0.206 e. The Morgan fingerprint density at radius 2 is 1.68 bits per heavy atom. The molecule has 2 heterocycles. The van der Waals surface area contributed by atoms with Crippen LogP contribution in [0.2, 0.25) is 0 Å². The first-order chi connectivity index (χ1) is 10.8. The standard InChI is InChI=1S/C16H16N4O2/c1-18-20-16-7-11(2-4-13-8-21-13)15(19-10-17)6-12(16)3-5-14-9-22-14/h6-7,13-14H,2-5,8-9H2/b19-15?,20-16+. The molecule has 0 spiro atoms. The lowest BCUT2D eigenvalue weighted by Crippen LogP contribution is -2.14. The summed E-state index contributed by atoms with van der Waals surface area (Å²) in [6.45, 7) is 8.61. The molecular formula is C16H16N4O2. The maximum atomic E-state index is 8.89. The molecule has 1 aliphatic carbocycles. The maximum absolute atomic E-state index is 8.89. The molecule has 2 fully saturated rings. The molecule has 0 N–H and O–H groups in total. The molecule has 0 bridgehead atoms. The van der Waals surface area contributed by atoms with Gasteiger partial charge in [0.2, 0.25) is 6.19 Å². The summed E-state index contributed by atoms with van der Waals surface area (Å²) in [4.78, 5) is 7.08. The van der Waals surface area contributed by atoms with Gasteiger partial charge in [0.15, 0.2) is 0 Å². The van der Waals surface area contributed by atoms with Gasteiger partial charge in [-0.1, -0.05) is 0 Å². The number of aliphatic imine (C=N–C) groups is 1. The summed E-state index contributed by atoms with van der Waals surface area (Å²) in [7, 11) is 0. The highest BCUT2D eigenvalue weighted by Gasteiger charge is 2.27. The number of nitrogens with zero attached hydrogens (tertiary/aromatic N) is 4. The summed E-state index contributed by atoms with van der Waals surface area (Å²) in [5.41, 5.74) is 3.26. The third kappa shape index (κ3) is 3.88. The Labute approximate surface area is 129 Å². The van der Waals surface area contributed by atoms with E-state index >= 15 is 0 Å². The van der Waals surface area contributed by atoms with Crippen molar-refractivity contribution >= 4 is 11.4 Å². The molecule has 0 aromatic carbocycles. The van der Waals surface area contributed by atoms with E-state index in [9.17, 15) is 0 Å². The van der Waals surface area contributed by atoms with E-state index in [0.717, 1.165) is 50.0 Å². The molecule has 0 radical (unpaired) electrons. The van der Waals surface area contributed by atoms with Gasteiger partial charge < -0.3 is 9.47 Å². The molecule has 6 nitrogen and oxygen atoms in total. The Kier molecular flexibility index (Phi) is 4.43. The first-order valence-corrected chi connectivity index (χ1v) is 7.36. The van der Waals surface area contributed by atoms with Crippen LogP contribution in [-0.2, 0) is 9.47 Å². The van der Waals surface area contributed by atoms with Gasteiger partial charge in [-0.3, -0.25) is 0 Å². The molecule has 0 amide bonds. The number of hydrogen-bond donors (Lipinski definition) is 0.